The number of hydrogen-bond acceptors (Lipinski definition) is 7. The van der Waals surface area contributed by atoms with Crippen molar-refractivity contribution < 1.29 is 9.15 Å². The molecular weight excluding hydrogens is 260 g/mol. The summed E-state index contributed by atoms with van der Waals surface area (Å²) in [5.74, 6) is 0. The molecule has 88 valence electrons. The molecule has 0 bridgehead atoms. The van der Waals surface area contributed by atoms with Crippen LogP contribution in [0.1, 0.15) is 12.5 Å². The van der Waals surface area contributed by atoms with Crippen molar-refractivity contribution >= 4 is 33.3 Å². The standard InChI is InChI=1S/C10H8N2O3S2/c1-3-14-10-12-6-5(4-11)9(16-2)17-7(6)8(13)15-10/h3H2,1-2H3. The molecule has 0 unspecified atom stereocenters. The van der Waals surface area contributed by atoms with Crippen LogP contribution in [0.4, 0.5) is 0 Å². The van der Waals surface area contributed by atoms with Crippen molar-refractivity contribution in [3.05, 3.63) is 16.0 Å². The minimum absolute atomic E-state index is 0.0908. The van der Waals surface area contributed by atoms with Gasteiger partial charge in [0.15, 0.2) is 0 Å². The number of nitrogens with zero attached hydrogens (tertiary/aromatic N) is 2. The Labute approximate surface area is 105 Å². The molecule has 0 spiro atoms. The third-order valence-electron chi connectivity index (χ3n) is 1.98. The summed E-state index contributed by atoms with van der Waals surface area (Å²) in [5.41, 5.74) is 0.258. The highest BCUT2D eigenvalue weighted by Gasteiger charge is 2.18. The Balaban J connectivity index is 2.77. The van der Waals surface area contributed by atoms with E-state index in [9.17, 15) is 4.79 Å². The normalized spacial score (nSPS) is 10.4. The van der Waals surface area contributed by atoms with Crippen molar-refractivity contribution in [2.75, 3.05) is 12.9 Å². The van der Waals surface area contributed by atoms with Crippen LogP contribution in [-0.2, 0) is 0 Å². The van der Waals surface area contributed by atoms with Gasteiger partial charge in [-0.15, -0.1) is 23.1 Å². The first kappa shape index (κ1) is 12.0. The first-order valence-electron chi connectivity index (χ1n) is 4.75. The Morgan fingerprint density at radius 3 is 3.00 bits per heavy atom. The summed E-state index contributed by atoms with van der Waals surface area (Å²) in [7, 11) is 0. The van der Waals surface area contributed by atoms with E-state index in [2.05, 4.69) is 11.1 Å². The molecule has 2 aromatic rings. The zero-order valence-electron chi connectivity index (χ0n) is 9.14. The van der Waals surface area contributed by atoms with E-state index >= 15 is 0 Å². The fourth-order valence-corrected chi connectivity index (χ4v) is 3.04. The van der Waals surface area contributed by atoms with Crippen molar-refractivity contribution in [1.29, 1.82) is 5.26 Å². The number of rotatable bonds is 3. The van der Waals surface area contributed by atoms with E-state index in [1.165, 1.54) is 23.1 Å². The monoisotopic (exact) mass is 268 g/mol. The molecule has 0 saturated carbocycles. The SMILES string of the molecule is CCOc1nc2c(C#N)c(SC)sc2c(=O)o1. The molecule has 0 fully saturated rings. The topological polar surface area (TPSA) is 76.1 Å². The molecule has 2 aromatic heterocycles. The van der Waals surface area contributed by atoms with Crippen molar-refractivity contribution in [3.63, 3.8) is 0 Å². The average Bonchev–Trinajstić information content (AvgIpc) is 2.67. The number of thiophene rings is 1. The number of thioether (sulfide) groups is 1. The van der Waals surface area contributed by atoms with Gasteiger partial charge in [-0.25, -0.2) is 4.79 Å². The van der Waals surface area contributed by atoms with E-state index in [1.54, 1.807) is 6.92 Å². The number of ether oxygens (including phenoxy) is 1. The van der Waals surface area contributed by atoms with Crippen molar-refractivity contribution in [3.8, 4) is 12.1 Å². The second kappa shape index (κ2) is 4.77. The zero-order chi connectivity index (χ0) is 12.4. The molecule has 0 radical (unpaired) electrons. The Morgan fingerprint density at radius 1 is 1.65 bits per heavy atom. The molecular formula is C10H8N2O3S2. The van der Waals surface area contributed by atoms with Gasteiger partial charge in [0.25, 0.3) is 0 Å². The van der Waals surface area contributed by atoms with E-state index in [0.717, 1.165) is 4.21 Å². The molecule has 2 rings (SSSR count). The van der Waals surface area contributed by atoms with Gasteiger partial charge in [0, 0.05) is 0 Å². The molecule has 0 aliphatic carbocycles. The molecule has 0 amide bonds. The van der Waals surface area contributed by atoms with Crippen molar-refractivity contribution in [1.82, 2.24) is 4.98 Å². The summed E-state index contributed by atoms with van der Waals surface area (Å²) in [6.07, 6.45) is 1.75. The number of fused-ring (bicyclic) bond motifs is 1. The molecule has 0 saturated heterocycles. The minimum Gasteiger partial charge on any atom is -0.450 e. The fourth-order valence-electron chi connectivity index (χ4n) is 1.31. The summed E-state index contributed by atoms with van der Waals surface area (Å²) < 4.78 is 11.1. The Hall–Kier alpha value is -1.52. The maximum atomic E-state index is 11.7. The van der Waals surface area contributed by atoms with Crippen LogP contribution < -0.4 is 10.4 Å². The second-order valence-electron chi connectivity index (χ2n) is 2.96. The van der Waals surface area contributed by atoms with Gasteiger partial charge in [0.1, 0.15) is 21.8 Å². The first-order chi connectivity index (χ1) is 8.21. The van der Waals surface area contributed by atoms with Gasteiger partial charge in [-0.2, -0.15) is 10.2 Å². The molecule has 17 heavy (non-hydrogen) atoms. The van der Waals surface area contributed by atoms with Gasteiger partial charge in [-0.05, 0) is 13.2 Å². The summed E-state index contributed by atoms with van der Waals surface area (Å²) in [4.78, 5) is 15.7. The van der Waals surface area contributed by atoms with Crippen LogP contribution in [-0.4, -0.2) is 17.8 Å². The molecule has 0 aliphatic heterocycles. The van der Waals surface area contributed by atoms with E-state index in [4.69, 9.17) is 14.4 Å². The number of hydrogen-bond donors (Lipinski definition) is 0. The molecule has 5 nitrogen and oxygen atoms in total. The third-order valence-corrected chi connectivity index (χ3v) is 4.26. The van der Waals surface area contributed by atoms with Crippen molar-refractivity contribution in [2.45, 2.75) is 11.1 Å². The summed E-state index contributed by atoms with van der Waals surface area (Å²) in [6.45, 7) is 2.11. The van der Waals surface area contributed by atoms with Crippen molar-refractivity contribution in [2.24, 2.45) is 0 Å². The minimum atomic E-state index is -0.514. The van der Waals surface area contributed by atoms with Crippen LogP contribution in [0.2, 0.25) is 0 Å². The highest BCUT2D eigenvalue weighted by atomic mass is 32.2. The lowest BCUT2D eigenvalue weighted by Crippen LogP contribution is -2.03. The summed E-state index contributed by atoms with van der Waals surface area (Å²) >= 11 is 2.63. The fraction of sp³-hybridized carbons (Fsp3) is 0.300. The van der Waals surface area contributed by atoms with Crippen LogP contribution >= 0.6 is 23.1 Å². The predicted molar refractivity (Wildman–Crippen MR) is 65.8 cm³/mol. The summed E-state index contributed by atoms with van der Waals surface area (Å²) in [5, 5.41) is 9.08. The van der Waals surface area contributed by atoms with Crippen LogP contribution in [0.15, 0.2) is 13.4 Å². The van der Waals surface area contributed by atoms with E-state index in [1.807, 2.05) is 6.26 Å². The van der Waals surface area contributed by atoms with Gasteiger partial charge in [0.05, 0.1) is 10.8 Å². The first-order valence-corrected chi connectivity index (χ1v) is 6.79. The van der Waals surface area contributed by atoms with Gasteiger partial charge in [-0.1, -0.05) is 0 Å². The van der Waals surface area contributed by atoms with E-state index in [0.29, 0.717) is 22.4 Å². The number of nitriles is 1. The Kier molecular flexibility index (Phi) is 3.36. The highest BCUT2D eigenvalue weighted by Crippen LogP contribution is 2.34. The Bertz CT molecular complexity index is 654. The quantitative estimate of drug-likeness (QED) is 0.795. The van der Waals surface area contributed by atoms with Gasteiger partial charge in [0.2, 0.25) is 0 Å². The molecule has 0 N–H and O–H groups in total. The zero-order valence-corrected chi connectivity index (χ0v) is 10.8. The maximum Gasteiger partial charge on any atom is 0.397 e. The maximum absolute atomic E-state index is 11.7. The number of aromatic nitrogens is 1. The van der Waals surface area contributed by atoms with E-state index in [-0.39, 0.29) is 6.08 Å². The van der Waals surface area contributed by atoms with Crippen LogP contribution in [0.25, 0.3) is 10.2 Å². The molecule has 0 atom stereocenters. The lowest BCUT2D eigenvalue weighted by molar-refractivity contribution is 0.230. The van der Waals surface area contributed by atoms with Gasteiger partial charge >= 0.3 is 11.7 Å². The van der Waals surface area contributed by atoms with Crippen LogP contribution in [0.5, 0.6) is 6.08 Å². The molecule has 0 aromatic carbocycles. The molecule has 2 heterocycles. The largest absolute Gasteiger partial charge is 0.450 e. The molecule has 0 aliphatic rings. The van der Waals surface area contributed by atoms with Gasteiger partial charge < -0.3 is 9.15 Å². The second-order valence-corrected chi connectivity index (χ2v) is 5.05. The third kappa shape index (κ3) is 2.01. The summed E-state index contributed by atoms with van der Waals surface area (Å²) in [6, 6.07) is 2.06. The van der Waals surface area contributed by atoms with E-state index < -0.39 is 5.63 Å². The predicted octanol–water partition coefficient (Wildman–Crippen LogP) is 2.24. The van der Waals surface area contributed by atoms with Crippen LogP contribution in [0.3, 0.4) is 0 Å². The lowest BCUT2D eigenvalue weighted by Gasteiger charge is -1.98. The lowest BCUT2D eigenvalue weighted by atomic mass is 10.3. The molecule has 7 heteroatoms. The average molecular weight is 268 g/mol. The Morgan fingerprint density at radius 2 is 2.41 bits per heavy atom. The van der Waals surface area contributed by atoms with Crippen LogP contribution in [0, 0.1) is 11.3 Å². The highest BCUT2D eigenvalue weighted by molar-refractivity contribution is 8.00. The smallest absolute Gasteiger partial charge is 0.397 e. The van der Waals surface area contributed by atoms with Gasteiger partial charge in [-0.3, -0.25) is 0 Å².